The van der Waals surface area contributed by atoms with Gasteiger partial charge in [-0.1, -0.05) is 23.7 Å². The highest BCUT2D eigenvalue weighted by Gasteiger charge is 2.16. The summed E-state index contributed by atoms with van der Waals surface area (Å²) in [5.41, 5.74) is -0.151. The molecule has 2 aromatic carbocycles. The zero-order valence-electron chi connectivity index (χ0n) is 10.5. The average Bonchev–Trinajstić information content (AvgIpc) is 2.40. The number of carbonyl (C=O) groups is 1. The maximum Gasteiger partial charge on any atom is 0.337 e. The number of benzene rings is 2. The van der Waals surface area contributed by atoms with Gasteiger partial charge >= 0.3 is 5.97 Å². The van der Waals surface area contributed by atoms with E-state index in [2.05, 4.69) is 0 Å². The predicted molar refractivity (Wildman–Crippen MR) is 76.3 cm³/mol. The first-order chi connectivity index (χ1) is 9.79. The third kappa shape index (κ3) is 3.52. The van der Waals surface area contributed by atoms with Crippen LogP contribution in [0.2, 0.25) is 5.02 Å². The Kier molecular flexibility index (Phi) is 4.17. The van der Waals surface area contributed by atoms with Gasteiger partial charge in [0.1, 0.15) is 16.4 Å². The van der Waals surface area contributed by atoms with Gasteiger partial charge in [-0.3, -0.25) is 0 Å². The Hall–Kier alpha value is -2.09. The van der Waals surface area contributed by atoms with Gasteiger partial charge < -0.3 is 9.84 Å². The van der Waals surface area contributed by atoms with Gasteiger partial charge in [-0.2, -0.15) is 0 Å². The average molecular weight is 328 g/mol. The molecule has 8 heteroatoms. The second-order valence-electron chi connectivity index (χ2n) is 4.04. The van der Waals surface area contributed by atoms with Crippen LogP contribution in [-0.4, -0.2) is 19.5 Å². The van der Waals surface area contributed by atoms with Gasteiger partial charge in [-0.25, -0.2) is 18.4 Å². The molecule has 0 aliphatic carbocycles. The summed E-state index contributed by atoms with van der Waals surface area (Å²) in [4.78, 5) is 10.8. The number of halogens is 1. The Balaban J connectivity index is 2.45. The van der Waals surface area contributed by atoms with Crippen LogP contribution in [0, 0.1) is 0 Å². The largest absolute Gasteiger partial charge is 0.478 e. The molecule has 0 fully saturated rings. The lowest BCUT2D eigenvalue weighted by Crippen LogP contribution is -2.13. The van der Waals surface area contributed by atoms with Crippen molar-refractivity contribution in [3.05, 3.63) is 53.1 Å². The number of para-hydroxylation sites is 1. The quantitative estimate of drug-likeness (QED) is 0.897. The van der Waals surface area contributed by atoms with Crippen LogP contribution < -0.4 is 9.88 Å². The van der Waals surface area contributed by atoms with E-state index in [9.17, 15) is 13.2 Å². The number of hydrogen-bond acceptors (Lipinski definition) is 4. The lowest BCUT2D eigenvalue weighted by atomic mass is 10.2. The van der Waals surface area contributed by atoms with Crippen molar-refractivity contribution in [1.82, 2.24) is 0 Å². The van der Waals surface area contributed by atoms with Crippen LogP contribution in [-0.2, 0) is 10.0 Å². The smallest absolute Gasteiger partial charge is 0.337 e. The van der Waals surface area contributed by atoms with E-state index >= 15 is 0 Å². The zero-order valence-corrected chi connectivity index (χ0v) is 12.1. The minimum atomic E-state index is -3.96. The van der Waals surface area contributed by atoms with Gasteiger partial charge in [-0.15, -0.1) is 0 Å². The van der Waals surface area contributed by atoms with E-state index in [4.69, 9.17) is 26.6 Å². The molecule has 0 spiro atoms. The minimum absolute atomic E-state index is 0.00124. The van der Waals surface area contributed by atoms with Crippen molar-refractivity contribution in [2.45, 2.75) is 4.90 Å². The molecule has 0 atom stereocenters. The maximum absolute atomic E-state index is 11.5. The molecule has 2 aromatic rings. The number of ether oxygens (including phenoxy) is 1. The SMILES string of the molecule is NS(=O)(=O)c1ccccc1Oc1ccc(Cl)c(C(=O)O)c1. The van der Waals surface area contributed by atoms with Gasteiger partial charge in [0.15, 0.2) is 0 Å². The van der Waals surface area contributed by atoms with Crippen LogP contribution in [0.3, 0.4) is 0 Å². The molecule has 0 saturated heterocycles. The first-order valence-corrected chi connectivity index (χ1v) is 7.54. The highest BCUT2D eigenvalue weighted by atomic mass is 35.5. The molecule has 0 unspecified atom stereocenters. The fourth-order valence-electron chi connectivity index (χ4n) is 1.63. The molecule has 3 N–H and O–H groups in total. The summed E-state index contributed by atoms with van der Waals surface area (Å²) in [6.45, 7) is 0. The molecule has 0 saturated carbocycles. The van der Waals surface area contributed by atoms with E-state index in [-0.39, 0.29) is 27.0 Å². The lowest BCUT2D eigenvalue weighted by molar-refractivity contribution is 0.0696. The summed E-state index contributed by atoms with van der Waals surface area (Å²) >= 11 is 5.75. The molecule has 0 bridgehead atoms. The molecular formula is C13H10ClNO5S. The van der Waals surface area contributed by atoms with E-state index in [0.717, 1.165) is 0 Å². The van der Waals surface area contributed by atoms with Crippen LogP contribution in [0.15, 0.2) is 47.4 Å². The van der Waals surface area contributed by atoms with Gasteiger partial charge in [0.05, 0.1) is 10.6 Å². The molecule has 0 heterocycles. The third-order valence-corrected chi connectivity index (χ3v) is 3.83. The van der Waals surface area contributed by atoms with Crippen LogP contribution in [0.1, 0.15) is 10.4 Å². The number of hydrogen-bond donors (Lipinski definition) is 2. The standard InChI is InChI=1S/C13H10ClNO5S/c14-10-6-5-8(7-9(10)13(16)17)20-11-3-1-2-4-12(11)21(15,18)19/h1-7H,(H,16,17)(H2,15,18,19). The van der Waals surface area contributed by atoms with Crippen molar-refractivity contribution in [3.8, 4) is 11.5 Å². The fourth-order valence-corrected chi connectivity index (χ4v) is 2.49. The molecule has 110 valence electrons. The van der Waals surface area contributed by atoms with Crippen molar-refractivity contribution < 1.29 is 23.1 Å². The van der Waals surface area contributed by atoms with E-state index in [0.29, 0.717) is 0 Å². The first kappa shape index (κ1) is 15.3. The Morgan fingerprint density at radius 2 is 1.86 bits per heavy atom. The van der Waals surface area contributed by atoms with Crippen molar-refractivity contribution in [2.24, 2.45) is 5.14 Å². The summed E-state index contributed by atoms with van der Waals surface area (Å²) in [6.07, 6.45) is 0. The molecule has 2 rings (SSSR count). The van der Waals surface area contributed by atoms with Crippen molar-refractivity contribution >= 4 is 27.6 Å². The summed E-state index contributed by atoms with van der Waals surface area (Å²) in [5, 5.41) is 14.1. The van der Waals surface area contributed by atoms with E-state index in [1.807, 2.05) is 0 Å². The second kappa shape index (κ2) is 5.72. The Labute approximate surface area is 125 Å². The first-order valence-electron chi connectivity index (χ1n) is 5.61. The fraction of sp³-hybridized carbons (Fsp3) is 0. The highest BCUT2D eigenvalue weighted by Crippen LogP contribution is 2.30. The van der Waals surface area contributed by atoms with Crippen LogP contribution >= 0.6 is 11.6 Å². The maximum atomic E-state index is 11.5. The van der Waals surface area contributed by atoms with Crippen molar-refractivity contribution in [2.75, 3.05) is 0 Å². The Morgan fingerprint density at radius 1 is 1.19 bits per heavy atom. The molecule has 0 aliphatic heterocycles. The molecular weight excluding hydrogens is 318 g/mol. The molecule has 21 heavy (non-hydrogen) atoms. The van der Waals surface area contributed by atoms with Gasteiger partial charge in [-0.05, 0) is 30.3 Å². The summed E-state index contributed by atoms with van der Waals surface area (Å²) in [7, 11) is -3.96. The Morgan fingerprint density at radius 3 is 2.48 bits per heavy atom. The van der Waals surface area contributed by atoms with Gasteiger partial charge in [0.2, 0.25) is 10.0 Å². The van der Waals surface area contributed by atoms with Crippen LogP contribution in [0.25, 0.3) is 0 Å². The summed E-state index contributed by atoms with van der Waals surface area (Å²) in [5.74, 6) is -1.09. The normalized spacial score (nSPS) is 11.1. The van der Waals surface area contributed by atoms with Crippen molar-refractivity contribution in [1.29, 1.82) is 0 Å². The van der Waals surface area contributed by atoms with Gasteiger partial charge in [0.25, 0.3) is 0 Å². The molecule has 6 nitrogen and oxygen atoms in total. The van der Waals surface area contributed by atoms with Crippen molar-refractivity contribution in [3.63, 3.8) is 0 Å². The number of carboxylic acids is 1. The zero-order chi connectivity index (χ0) is 15.6. The molecule has 0 aliphatic rings. The number of rotatable bonds is 4. The Bertz CT molecular complexity index is 804. The predicted octanol–water partition coefficient (Wildman–Crippen LogP) is 2.48. The minimum Gasteiger partial charge on any atom is -0.478 e. The van der Waals surface area contributed by atoms with Crippen LogP contribution in [0.5, 0.6) is 11.5 Å². The topological polar surface area (TPSA) is 107 Å². The highest BCUT2D eigenvalue weighted by molar-refractivity contribution is 7.89. The van der Waals surface area contributed by atoms with Crippen LogP contribution in [0.4, 0.5) is 0 Å². The lowest BCUT2D eigenvalue weighted by Gasteiger charge is -2.10. The number of primary sulfonamides is 1. The summed E-state index contributed by atoms with van der Waals surface area (Å²) in [6, 6.07) is 9.74. The number of sulfonamides is 1. The number of nitrogens with two attached hydrogens (primary N) is 1. The van der Waals surface area contributed by atoms with E-state index in [1.54, 1.807) is 6.07 Å². The number of aromatic carboxylic acids is 1. The summed E-state index contributed by atoms with van der Waals surface area (Å²) < 4.78 is 28.3. The third-order valence-electron chi connectivity index (χ3n) is 2.55. The molecule has 0 radical (unpaired) electrons. The molecule has 0 aromatic heterocycles. The van der Waals surface area contributed by atoms with E-state index < -0.39 is 16.0 Å². The number of carboxylic acid groups (broad SMARTS) is 1. The monoisotopic (exact) mass is 327 g/mol. The van der Waals surface area contributed by atoms with E-state index in [1.165, 1.54) is 36.4 Å². The van der Waals surface area contributed by atoms with Gasteiger partial charge in [0, 0.05) is 0 Å². The molecule has 0 amide bonds. The second-order valence-corrected chi connectivity index (χ2v) is 5.98.